The zero-order chi connectivity index (χ0) is 37.7. The molecule has 0 bridgehead atoms. The van der Waals surface area contributed by atoms with Crippen LogP contribution in [0.2, 0.25) is 0 Å². The van der Waals surface area contributed by atoms with Crippen LogP contribution in [0.3, 0.4) is 0 Å². The molecule has 2 aliphatic heterocycles. The first-order valence-electron chi connectivity index (χ1n) is 17.7. The normalized spacial score (nSPS) is 21.0. The Balaban J connectivity index is 1.26. The molecule has 5 rings (SSSR count). The zero-order valence-electron chi connectivity index (χ0n) is 31.0. The largest absolute Gasteiger partial charge is 0.453 e. The van der Waals surface area contributed by atoms with E-state index in [1.165, 1.54) is 14.2 Å². The summed E-state index contributed by atoms with van der Waals surface area (Å²) in [5.74, 6) is 7.39. The van der Waals surface area contributed by atoms with E-state index in [1.54, 1.807) is 28.4 Å². The number of nitrogens with one attached hydrogen (secondary N) is 4. The summed E-state index contributed by atoms with van der Waals surface area (Å²) in [6.45, 7) is 12.8. The molecule has 0 saturated carbocycles. The van der Waals surface area contributed by atoms with Crippen molar-refractivity contribution in [3.8, 4) is 23.2 Å². The minimum atomic E-state index is -0.720. The topological polar surface area (TPSA) is 188 Å². The van der Waals surface area contributed by atoms with Gasteiger partial charge in [0.1, 0.15) is 35.1 Å². The molecule has 4 N–H and O–H groups in total. The molecule has 0 spiro atoms. The van der Waals surface area contributed by atoms with E-state index in [0.29, 0.717) is 47.4 Å². The molecule has 0 unspecified atom stereocenters. The van der Waals surface area contributed by atoms with Crippen molar-refractivity contribution in [2.45, 2.75) is 78.6 Å². The number of likely N-dealkylation sites (tertiary alicyclic amines) is 2. The number of imidazole rings is 2. The van der Waals surface area contributed by atoms with E-state index in [2.05, 4.69) is 51.3 Å². The van der Waals surface area contributed by atoms with Crippen LogP contribution in [0.1, 0.15) is 89.4 Å². The second-order valence-electron chi connectivity index (χ2n) is 14.4. The van der Waals surface area contributed by atoms with Gasteiger partial charge < -0.3 is 39.9 Å². The quantitative estimate of drug-likeness (QED) is 0.236. The lowest BCUT2D eigenvalue weighted by molar-refractivity contribution is -0.136. The van der Waals surface area contributed by atoms with Crippen LogP contribution in [0, 0.1) is 35.5 Å². The third-order valence-electron chi connectivity index (χ3n) is 9.56. The van der Waals surface area contributed by atoms with Crippen LogP contribution >= 0.6 is 0 Å². The molecule has 2 saturated heterocycles. The smallest absolute Gasteiger partial charge is 0.407 e. The molecule has 2 fully saturated rings. The van der Waals surface area contributed by atoms with E-state index in [1.807, 2.05) is 39.8 Å². The average molecular weight is 716 g/mol. The number of hydrogen-bond acceptors (Lipinski definition) is 9. The van der Waals surface area contributed by atoms with Crippen LogP contribution in [-0.2, 0) is 19.1 Å². The molecular formula is C37H49N9O6. The number of hydrogen-bond donors (Lipinski definition) is 4. The number of aromatic amines is 2. The highest BCUT2D eigenvalue weighted by Crippen LogP contribution is 2.36. The van der Waals surface area contributed by atoms with Gasteiger partial charge in [0.15, 0.2) is 0 Å². The molecule has 3 aromatic heterocycles. The van der Waals surface area contributed by atoms with Crippen molar-refractivity contribution in [2.75, 3.05) is 27.3 Å². The first kappa shape index (κ1) is 37.9. The number of carbonyl (C=O) groups is 4. The van der Waals surface area contributed by atoms with Crippen molar-refractivity contribution in [3.05, 3.63) is 53.6 Å². The standard InChI is InChI=1S/C37H49N9O6/c1-20(2)30(43-36(49)51-7)34(47)45-18-22(5)13-28(45)32-39-16-25(41-32)11-9-24-10-12-26(38-15-24)27-17-40-33(42-27)29-14-23(6)19-46(29)35(48)31(21(3)4)44-37(50)52-8/h10,12,15-17,20-23,28-31H,13-14,18-19H2,1-8H3,(H,39,41)(H,40,42)(H,43,49)(H,44,50)/t22-,23-,28-,29-,30-,31-/m0/s1. The van der Waals surface area contributed by atoms with Gasteiger partial charge in [0.05, 0.1) is 32.0 Å². The maximum atomic E-state index is 13.6. The number of methoxy groups -OCH3 is 2. The molecule has 278 valence electrons. The fraction of sp³-hybridized carbons (Fsp3) is 0.541. The fourth-order valence-electron chi connectivity index (χ4n) is 6.82. The summed E-state index contributed by atoms with van der Waals surface area (Å²) in [5.41, 5.74) is 2.50. The van der Waals surface area contributed by atoms with Gasteiger partial charge in [0, 0.05) is 37.2 Å². The molecular weight excluding hydrogens is 666 g/mol. The highest BCUT2D eigenvalue weighted by atomic mass is 16.5. The Bertz CT molecular complexity index is 1810. The average Bonchev–Trinajstić information content (AvgIpc) is 3.94. The van der Waals surface area contributed by atoms with Crippen LogP contribution in [-0.4, -0.2) is 98.1 Å². The SMILES string of the molecule is COC(=O)N[C@H](C(=O)N1C[C@@H](C)C[C@H]1c1nc(C#Cc2ccc(-c3c[nH]c([C@@H]4C[C@H](C)CN4C(=O)[C@@H](NC(=O)OC)C(C)C)n3)nc2)c[nH]1)C(C)C. The monoisotopic (exact) mass is 715 g/mol. The molecule has 15 nitrogen and oxygen atoms in total. The van der Waals surface area contributed by atoms with Crippen molar-refractivity contribution in [3.63, 3.8) is 0 Å². The molecule has 5 heterocycles. The number of amides is 4. The van der Waals surface area contributed by atoms with E-state index in [9.17, 15) is 19.2 Å². The van der Waals surface area contributed by atoms with Gasteiger partial charge in [-0.15, -0.1) is 0 Å². The Morgan fingerprint density at radius 3 is 1.77 bits per heavy atom. The number of aromatic nitrogens is 5. The van der Waals surface area contributed by atoms with E-state index < -0.39 is 24.3 Å². The van der Waals surface area contributed by atoms with E-state index in [4.69, 9.17) is 19.4 Å². The Morgan fingerprint density at radius 1 is 0.769 bits per heavy atom. The van der Waals surface area contributed by atoms with Gasteiger partial charge in [-0.05, 0) is 54.6 Å². The summed E-state index contributed by atoms with van der Waals surface area (Å²) >= 11 is 0. The first-order valence-corrected chi connectivity index (χ1v) is 17.7. The maximum absolute atomic E-state index is 13.6. The van der Waals surface area contributed by atoms with Crippen LogP contribution in [0.25, 0.3) is 11.4 Å². The Labute approximate surface area is 304 Å². The van der Waals surface area contributed by atoms with Crippen molar-refractivity contribution in [1.82, 2.24) is 45.4 Å². The predicted molar refractivity (Wildman–Crippen MR) is 191 cm³/mol. The number of pyridine rings is 1. The Morgan fingerprint density at radius 2 is 1.29 bits per heavy atom. The molecule has 3 aromatic rings. The number of ether oxygens (including phenoxy) is 2. The lowest BCUT2D eigenvalue weighted by Gasteiger charge is -2.30. The van der Waals surface area contributed by atoms with Gasteiger partial charge in [-0.25, -0.2) is 19.6 Å². The van der Waals surface area contributed by atoms with Gasteiger partial charge in [-0.2, -0.15) is 0 Å². The fourth-order valence-corrected chi connectivity index (χ4v) is 6.82. The summed E-state index contributed by atoms with van der Waals surface area (Å²) in [6, 6.07) is 1.71. The molecule has 52 heavy (non-hydrogen) atoms. The van der Waals surface area contributed by atoms with Crippen LogP contribution in [0.4, 0.5) is 9.59 Å². The molecule has 0 radical (unpaired) electrons. The second-order valence-corrected chi connectivity index (χ2v) is 14.4. The van der Waals surface area contributed by atoms with Crippen LogP contribution in [0.15, 0.2) is 30.7 Å². The van der Waals surface area contributed by atoms with Gasteiger partial charge in [-0.3, -0.25) is 14.6 Å². The highest BCUT2D eigenvalue weighted by Gasteiger charge is 2.41. The van der Waals surface area contributed by atoms with Crippen molar-refractivity contribution >= 4 is 24.0 Å². The summed E-state index contributed by atoms with van der Waals surface area (Å²) in [6.07, 6.45) is 5.35. The Hall–Kier alpha value is -5.39. The lowest BCUT2D eigenvalue weighted by atomic mass is 10.0. The molecule has 2 aliphatic rings. The van der Waals surface area contributed by atoms with E-state index in [-0.39, 0.29) is 47.6 Å². The van der Waals surface area contributed by atoms with Gasteiger partial charge in [0.2, 0.25) is 11.8 Å². The first-order chi connectivity index (χ1) is 24.8. The van der Waals surface area contributed by atoms with Crippen LogP contribution < -0.4 is 10.6 Å². The van der Waals surface area contributed by atoms with Gasteiger partial charge in [0.25, 0.3) is 0 Å². The van der Waals surface area contributed by atoms with E-state index >= 15 is 0 Å². The predicted octanol–water partition coefficient (Wildman–Crippen LogP) is 4.17. The number of nitrogens with zero attached hydrogens (tertiary/aromatic N) is 5. The minimum absolute atomic E-state index is 0.130. The maximum Gasteiger partial charge on any atom is 0.407 e. The van der Waals surface area contributed by atoms with Crippen molar-refractivity contribution in [1.29, 1.82) is 0 Å². The molecule has 0 aliphatic carbocycles. The summed E-state index contributed by atoms with van der Waals surface area (Å²) < 4.78 is 9.49. The number of H-pyrrole nitrogens is 2. The third-order valence-corrected chi connectivity index (χ3v) is 9.56. The summed E-state index contributed by atoms with van der Waals surface area (Å²) in [7, 11) is 2.55. The summed E-state index contributed by atoms with van der Waals surface area (Å²) in [5, 5.41) is 5.36. The minimum Gasteiger partial charge on any atom is -0.453 e. The van der Waals surface area contributed by atoms with Crippen molar-refractivity contribution in [2.24, 2.45) is 23.7 Å². The second kappa shape index (κ2) is 16.3. The number of carbonyl (C=O) groups excluding carboxylic acids is 4. The van der Waals surface area contributed by atoms with Crippen LogP contribution in [0.5, 0.6) is 0 Å². The number of alkyl carbamates (subject to hydrolysis) is 2. The van der Waals surface area contributed by atoms with Gasteiger partial charge >= 0.3 is 12.2 Å². The molecule has 6 atom stereocenters. The van der Waals surface area contributed by atoms with Gasteiger partial charge in [-0.1, -0.05) is 47.5 Å². The Kier molecular flexibility index (Phi) is 11.9. The highest BCUT2D eigenvalue weighted by molar-refractivity contribution is 5.87. The van der Waals surface area contributed by atoms with E-state index in [0.717, 1.165) is 12.8 Å². The summed E-state index contributed by atoms with van der Waals surface area (Å²) in [4.78, 5) is 75.2. The third kappa shape index (κ3) is 8.55. The zero-order valence-corrected chi connectivity index (χ0v) is 31.0. The van der Waals surface area contributed by atoms with Crippen molar-refractivity contribution < 1.29 is 28.7 Å². The molecule has 0 aromatic carbocycles. The molecule has 4 amide bonds. The lowest BCUT2D eigenvalue weighted by Crippen LogP contribution is -2.51. The number of rotatable bonds is 9. The molecule has 15 heteroatoms.